The van der Waals surface area contributed by atoms with Crippen molar-refractivity contribution < 1.29 is 13.2 Å². The summed E-state index contributed by atoms with van der Waals surface area (Å²) in [4.78, 5) is 16.2. The molecule has 1 aliphatic heterocycles. The van der Waals surface area contributed by atoms with E-state index in [1.54, 1.807) is 16.2 Å². The maximum Gasteiger partial charge on any atom is 0.270 e. The number of carbonyl (C=O) groups is 1. The van der Waals surface area contributed by atoms with Gasteiger partial charge in [-0.2, -0.15) is 4.31 Å². The van der Waals surface area contributed by atoms with E-state index in [-0.39, 0.29) is 17.7 Å². The maximum atomic E-state index is 13.4. The van der Waals surface area contributed by atoms with E-state index in [1.165, 1.54) is 4.31 Å². The van der Waals surface area contributed by atoms with Crippen molar-refractivity contribution in [2.24, 2.45) is 0 Å². The summed E-state index contributed by atoms with van der Waals surface area (Å²) in [5.41, 5.74) is 2.38. The smallest absolute Gasteiger partial charge is 0.270 e. The van der Waals surface area contributed by atoms with E-state index < -0.39 is 10.0 Å². The van der Waals surface area contributed by atoms with E-state index >= 15 is 0 Å². The molecule has 164 valence electrons. The van der Waals surface area contributed by atoms with Crippen molar-refractivity contribution in [3.8, 4) is 0 Å². The Labute approximate surface area is 187 Å². The third-order valence-corrected chi connectivity index (χ3v) is 8.46. The molecule has 3 aromatic rings. The number of sulfonamides is 1. The van der Waals surface area contributed by atoms with Gasteiger partial charge in [-0.3, -0.25) is 4.79 Å². The molecule has 6 nitrogen and oxygen atoms in total. The van der Waals surface area contributed by atoms with Crippen molar-refractivity contribution in [2.75, 3.05) is 19.6 Å². The van der Waals surface area contributed by atoms with Gasteiger partial charge in [0.2, 0.25) is 10.0 Å². The molecule has 1 unspecified atom stereocenters. The van der Waals surface area contributed by atoms with Crippen molar-refractivity contribution in [2.45, 2.75) is 32.2 Å². The van der Waals surface area contributed by atoms with Gasteiger partial charge >= 0.3 is 0 Å². The van der Waals surface area contributed by atoms with Crippen LogP contribution in [0.2, 0.25) is 0 Å². The molecule has 1 atom stereocenters. The summed E-state index contributed by atoms with van der Waals surface area (Å²) in [6, 6.07) is 12.9. The molecule has 0 N–H and O–H groups in total. The van der Waals surface area contributed by atoms with Crippen LogP contribution in [-0.2, 0) is 22.3 Å². The minimum Gasteiger partial charge on any atom is -0.334 e. The number of aromatic nitrogens is 1. The first-order valence-electron chi connectivity index (χ1n) is 10.3. The number of carbonyl (C=O) groups excluding carboxylic acids is 1. The predicted molar refractivity (Wildman–Crippen MR) is 126 cm³/mol. The van der Waals surface area contributed by atoms with E-state index in [0.717, 1.165) is 21.4 Å². The fourth-order valence-electron chi connectivity index (χ4n) is 4.15. The van der Waals surface area contributed by atoms with Crippen LogP contribution in [0, 0.1) is 0 Å². The molecule has 0 saturated carbocycles. The fourth-order valence-corrected chi connectivity index (χ4v) is 6.80. The topological polar surface area (TPSA) is 62.6 Å². The van der Waals surface area contributed by atoms with Gasteiger partial charge in [0.05, 0.1) is 5.75 Å². The number of amides is 1. The van der Waals surface area contributed by atoms with Gasteiger partial charge in [-0.25, -0.2) is 8.42 Å². The van der Waals surface area contributed by atoms with Gasteiger partial charge in [0, 0.05) is 37.6 Å². The van der Waals surface area contributed by atoms with Gasteiger partial charge in [-0.15, -0.1) is 11.3 Å². The van der Waals surface area contributed by atoms with Crippen molar-refractivity contribution in [3.63, 3.8) is 0 Å². The van der Waals surface area contributed by atoms with Gasteiger partial charge in [0.25, 0.3) is 5.91 Å². The van der Waals surface area contributed by atoms with Crippen molar-refractivity contribution in [3.05, 3.63) is 71.3 Å². The average molecular weight is 458 g/mol. The first kappa shape index (κ1) is 21.8. The molecule has 1 saturated heterocycles. The lowest BCUT2D eigenvalue weighted by Crippen LogP contribution is -2.55. The third kappa shape index (κ3) is 4.46. The lowest BCUT2D eigenvalue weighted by Gasteiger charge is -2.39. The van der Waals surface area contributed by atoms with Crippen molar-refractivity contribution >= 4 is 37.5 Å². The summed E-state index contributed by atoms with van der Waals surface area (Å²) in [6.07, 6.45) is 0. The number of rotatable bonds is 6. The minimum atomic E-state index is -3.45. The highest BCUT2D eigenvalue weighted by atomic mass is 32.2. The van der Waals surface area contributed by atoms with Gasteiger partial charge in [-0.05, 0) is 36.9 Å². The first-order valence-corrected chi connectivity index (χ1v) is 12.8. The number of fused-ring (bicyclic) bond motifs is 1. The summed E-state index contributed by atoms with van der Waals surface area (Å²) < 4.78 is 29.5. The first-order chi connectivity index (χ1) is 14.8. The van der Waals surface area contributed by atoms with Crippen molar-refractivity contribution in [1.29, 1.82) is 0 Å². The van der Waals surface area contributed by atoms with E-state index in [9.17, 15) is 13.2 Å². The molecule has 2 aromatic heterocycles. The molecular formula is C23H27N3O3S2. The summed E-state index contributed by atoms with van der Waals surface area (Å²) in [5, 5.41) is 3.07. The number of hydrogen-bond acceptors (Lipinski definition) is 4. The standard InChI is InChI=1S/C23H27N3O3S2/c1-17(2)14-25-21(13-20-9-12-30-23(20)25)22(27)24-10-11-26(18(3)15-24)31(28,29)16-19-7-5-4-6-8-19/h4-9,12-13,18H,1,10-11,14-16H2,2-3H3. The molecule has 31 heavy (non-hydrogen) atoms. The Balaban J connectivity index is 1.51. The van der Waals surface area contributed by atoms with Crippen LogP contribution >= 0.6 is 11.3 Å². The molecular weight excluding hydrogens is 430 g/mol. The largest absolute Gasteiger partial charge is 0.334 e. The zero-order valence-corrected chi connectivity index (χ0v) is 19.5. The Kier molecular flexibility index (Phi) is 6.05. The highest BCUT2D eigenvalue weighted by Gasteiger charge is 2.35. The van der Waals surface area contributed by atoms with E-state index in [4.69, 9.17) is 0 Å². The Morgan fingerprint density at radius 3 is 2.61 bits per heavy atom. The zero-order chi connectivity index (χ0) is 22.2. The van der Waals surface area contributed by atoms with E-state index in [2.05, 4.69) is 6.58 Å². The van der Waals surface area contributed by atoms with Crippen LogP contribution in [0.15, 0.2) is 60.0 Å². The van der Waals surface area contributed by atoms with Gasteiger partial charge in [0.1, 0.15) is 10.5 Å². The summed E-state index contributed by atoms with van der Waals surface area (Å²) in [5.74, 6) is -0.0826. The highest BCUT2D eigenvalue weighted by molar-refractivity contribution is 7.88. The quantitative estimate of drug-likeness (QED) is 0.527. The Morgan fingerprint density at radius 2 is 1.94 bits per heavy atom. The zero-order valence-electron chi connectivity index (χ0n) is 17.8. The van der Waals surface area contributed by atoms with Gasteiger partial charge in [0.15, 0.2) is 0 Å². The van der Waals surface area contributed by atoms with Crippen LogP contribution < -0.4 is 0 Å². The summed E-state index contributed by atoms with van der Waals surface area (Å²) in [7, 11) is -3.45. The molecule has 4 rings (SSSR count). The summed E-state index contributed by atoms with van der Waals surface area (Å²) in [6.45, 7) is 9.47. The normalized spacial score (nSPS) is 17.9. The van der Waals surface area contributed by atoms with Crippen molar-refractivity contribution in [1.82, 2.24) is 13.8 Å². The number of benzene rings is 1. The van der Waals surface area contributed by atoms with Crippen LogP contribution in [-0.4, -0.2) is 53.8 Å². The molecule has 3 heterocycles. The Bertz CT molecular complexity index is 1210. The van der Waals surface area contributed by atoms with Gasteiger partial charge < -0.3 is 9.47 Å². The lowest BCUT2D eigenvalue weighted by atomic mass is 10.2. The van der Waals surface area contributed by atoms with Crippen LogP contribution in [0.25, 0.3) is 10.2 Å². The predicted octanol–water partition coefficient (Wildman–Crippen LogP) is 3.96. The molecule has 0 spiro atoms. The molecule has 0 aliphatic carbocycles. The molecule has 1 aromatic carbocycles. The number of allylic oxidation sites excluding steroid dienone is 1. The second-order valence-corrected chi connectivity index (χ2v) is 11.0. The Morgan fingerprint density at radius 1 is 1.19 bits per heavy atom. The molecule has 1 amide bonds. The second-order valence-electron chi connectivity index (χ2n) is 8.21. The maximum absolute atomic E-state index is 13.4. The average Bonchev–Trinajstić information content (AvgIpc) is 3.30. The number of hydrogen-bond donors (Lipinski definition) is 0. The van der Waals surface area contributed by atoms with Crippen LogP contribution in [0.3, 0.4) is 0 Å². The van der Waals surface area contributed by atoms with Crippen LogP contribution in [0.4, 0.5) is 0 Å². The molecule has 1 aliphatic rings. The highest BCUT2D eigenvalue weighted by Crippen LogP contribution is 2.28. The SMILES string of the molecule is C=C(C)Cn1c(C(=O)N2CCN(S(=O)(=O)Cc3ccccc3)C(C)C2)cc2ccsc21. The van der Waals surface area contributed by atoms with Crippen LogP contribution in [0.1, 0.15) is 29.9 Å². The van der Waals surface area contributed by atoms with E-state index in [0.29, 0.717) is 31.9 Å². The Hall–Kier alpha value is -2.42. The monoisotopic (exact) mass is 457 g/mol. The number of piperazine rings is 1. The van der Waals surface area contributed by atoms with E-state index in [1.807, 2.05) is 66.3 Å². The molecule has 0 bridgehead atoms. The fraction of sp³-hybridized carbons (Fsp3) is 0.348. The number of nitrogens with zero attached hydrogens (tertiary/aromatic N) is 3. The summed E-state index contributed by atoms with van der Waals surface area (Å²) >= 11 is 1.61. The second kappa shape index (κ2) is 8.61. The third-order valence-electron chi connectivity index (χ3n) is 5.55. The number of thiophene rings is 1. The molecule has 0 radical (unpaired) electrons. The minimum absolute atomic E-state index is 0.0239. The van der Waals surface area contributed by atoms with Crippen LogP contribution in [0.5, 0.6) is 0 Å². The molecule has 8 heteroatoms. The lowest BCUT2D eigenvalue weighted by molar-refractivity contribution is 0.0632. The van der Waals surface area contributed by atoms with Gasteiger partial charge in [-0.1, -0.05) is 42.5 Å². The molecule has 1 fully saturated rings.